The zero-order valence-corrected chi connectivity index (χ0v) is 16.4. The van der Waals surface area contributed by atoms with Gasteiger partial charge in [-0.3, -0.25) is 4.79 Å². The van der Waals surface area contributed by atoms with Crippen LogP contribution in [0.1, 0.15) is 24.4 Å². The van der Waals surface area contributed by atoms with Gasteiger partial charge in [-0.25, -0.2) is 0 Å². The Morgan fingerprint density at radius 3 is 2.93 bits per heavy atom. The van der Waals surface area contributed by atoms with Gasteiger partial charge in [0.05, 0.1) is 11.1 Å². The lowest BCUT2D eigenvalue weighted by Gasteiger charge is -2.24. The number of fused-ring (bicyclic) bond motifs is 2. The van der Waals surface area contributed by atoms with Crippen LogP contribution in [0.3, 0.4) is 0 Å². The summed E-state index contributed by atoms with van der Waals surface area (Å²) in [6, 6.07) is 15.1. The van der Waals surface area contributed by atoms with Gasteiger partial charge in [0.1, 0.15) is 12.4 Å². The van der Waals surface area contributed by atoms with Crippen LogP contribution in [0.5, 0.6) is 17.2 Å². The molecule has 1 aliphatic heterocycles. The van der Waals surface area contributed by atoms with Gasteiger partial charge in [-0.05, 0) is 42.8 Å². The lowest BCUT2D eigenvalue weighted by Crippen LogP contribution is -2.26. The van der Waals surface area contributed by atoms with Crippen molar-refractivity contribution in [2.45, 2.75) is 13.0 Å². The normalized spacial score (nSPS) is 16.3. The Hall–Kier alpha value is -3.39. The van der Waals surface area contributed by atoms with Crippen LogP contribution in [0.4, 0.5) is 0 Å². The van der Waals surface area contributed by atoms with Crippen molar-refractivity contribution in [2.75, 3.05) is 13.2 Å². The van der Waals surface area contributed by atoms with Crippen LogP contribution >= 0.6 is 11.3 Å². The van der Waals surface area contributed by atoms with Crippen molar-refractivity contribution in [1.29, 1.82) is 0 Å². The predicted molar refractivity (Wildman–Crippen MR) is 109 cm³/mol. The number of benzene rings is 2. The minimum atomic E-state index is -0.452. The van der Waals surface area contributed by atoms with Crippen LogP contribution in [-0.4, -0.2) is 27.8 Å². The molecule has 0 aliphatic carbocycles. The molecule has 8 heteroatoms. The fourth-order valence-corrected chi connectivity index (χ4v) is 4.06. The molecule has 5 rings (SSSR count). The fraction of sp³-hybridized carbons (Fsp3) is 0.190. The zero-order chi connectivity index (χ0) is 19.8. The van der Waals surface area contributed by atoms with Crippen LogP contribution in [0.15, 0.2) is 53.3 Å². The highest BCUT2D eigenvalue weighted by Gasteiger charge is 2.27. The molecule has 2 aromatic carbocycles. The summed E-state index contributed by atoms with van der Waals surface area (Å²) in [6.07, 6.45) is 1.37. The summed E-state index contributed by atoms with van der Waals surface area (Å²) < 4.78 is 19.1. The molecule has 0 N–H and O–H groups in total. The number of para-hydroxylation sites is 2. The van der Waals surface area contributed by atoms with E-state index in [9.17, 15) is 4.79 Å². The number of rotatable bonds is 4. The molecular formula is C21H17N3O4S. The van der Waals surface area contributed by atoms with Crippen molar-refractivity contribution in [1.82, 2.24) is 14.6 Å². The van der Waals surface area contributed by atoms with E-state index in [0.29, 0.717) is 40.0 Å². The van der Waals surface area contributed by atoms with Crippen molar-refractivity contribution >= 4 is 22.4 Å². The van der Waals surface area contributed by atoms with Crippen molar-refractivity contribution in [3.05, 3.63) is 74.8 Å². The fourth-order valence-electron chi connectivity index (χ4n) is 3.14. The average Bonchev–Trinajstić information content (AvgIpc) is 3.28. The van der Waals surface area contributed by atoms with E-state index < -0.39 is 6.10 Å². The molecule has 0 spiro atoms. The van der Waals surface area contributed by atoms with Crippen LogP contribution < -0.4 is 24.3 Å². The second-order valence-corrected chi connectivity index (χ2v) is 7.46. The Morgan fingerprint density at radius 2 is 2.10 bits per heavy atom. The predicted octanol–water partition coefficient (Wildman–Crippen LogP) is 2.61. The molecule has 2 aromatic heterocycles. The van der Waals surface area contributed by atoms with Crippen LogP contribution in [0.25, 0.3) is 11.0 Å². The Balaban J connectivity index is 1.46. The van der Waals surface area contributed by atoms with E-state index in [-0.39, 0.29) is 5.56 Å². The molecule has 0 saturated carbocycles. The molecule has 0 fully saturated rings. The largest absolute Gasteiger partial charge is 0.494 e. The Bertz CT molecular complexity index is 1300. The van der Waals surface area contributed by atoms with Gasteiger partial charge in [0.2, 0.25) is 4.96 Å². The topological polar surface area (TPSA) is 74.9 Å². The van der Waals surface area contributed by atoms with Crippen molar-refractivity contribution < 1.29 is 14.2 Å². The summed E-state index contributed by atoms with van der Waals surface area (Å²) in [7, 11) is 0. The third-order valence-electron chi connectivity index (χ3n) is 4.46. The highest BCUT2D eigenvalue weighted by atomic mass is 32.1. The number of thiazole rings is 1. The molecule has 0 bridgehead atoms. The summed E-state index contributed by atoms with van der Waals surface area (Å²) in [4.78, 5) is 17.8. The van der Waals surface area contributed by atoms with E-state index in [1.54, 1.807) is 0 Å². The first-order chi connectivity index (χ1) is 14.2. The maximum absolute atomic E-state index is 12.8. The molecule has 29 heavy (non-hydrogen) atoms. The highest BCUT2D eigenvalue weighted by Crippen LogP contribution is 2.35. The van der Waals surface area contributed by atoms with E-state index in [4.69, 9.17) is 14.2 Å². The number of hydrogen-bond donors (Lipinski definition) is 0. The number of ether oxygens (including phenoxy) is 3. The van der Waals surface area contributed by atoms with Crippen molar-refractivity contribution in [2.24, 2.45) is 0 Å². The first-order valence-electron chi connectivity index (χ1n) is 9.24. The molecule has 0 amide bonds. The van der Waals surface area contributed by atoms with Crippen LogP contribution in [0, 0.1) is 0 Å². The molecular weight excluding hydrogens is 390 g/mol. The lowest BCUT2D eigenvalue weighted by atomic mass is 10.2. The van der Waals surface area contributed by atoms with Gasteiger partial charge in [-0.2, -0.15) is 9.50 Å². The highest BCUT2D eigenvalue weighted by molar-refractivity contribution is 7.15. The second-order valence-electron chi connectivity index (χ2n) is 6.45. The standard InChI is InChI=1S/C21H17N3O4S/c1-2-26-14-7-5-6-13(10-14)11-18-20(25)24-21(29-18)22-19(23-24)17-12-27-15-8-3-4-9-16(15)28-17/h3-11,17H,2,12H2,1H3/b18-11-/t17-/m1/s1. The van der Waals surface area contributed by atoms with Gasteiger partial charge in [0, 0.05) is 0 Å². The summed E-state index contributed by atoms with van der Waals surface area (Å²) in [5.74, 6) is 2.55. The van der Waals surface area contributed by atoms with E-state index in [2.05, 4.69) is 10.1 Å². The number of nitrogens with zero attached hydrogens (tertiary/aromatic N) is 3. The molecule has 1 aliphatic rings. The van der Waals surface area contributed by atoms with Crippen LogP contribution in [-0.2, 0) is 0 Å². The van der Waals surface area contributed by atoms with Gasteiger partial charge in [-0.1, -0.05) is 35.6 Å². The van der Waals surface area contributed by atoms with Gasteiger partial charge in [0.25, 0.3) is 5.56 Å². The van der Waals surface area contributed by atoms with E-state index in [1.807, 2.05) is 61.5 Å². The quantitative estimate of drug-likeness (QED) is 0.518. The number of hydrogen-bond acceptors (Lipinski definition) is 7. The molecule has 146 valence electrons. The van der Waals surface area contributed by atoms with E-state index >= 15 is 0 Å². The molecule has 0 radical (unpaired) electrons. The molecule has 4 aromatic rings. The Labute approximate surface area is 169 Å². The zero-order valence-electron chi connectivity index (χ0n) is 15.6. The summed E-state index contributed by atoms with van der Waals surface area (Å²) >= 11 is 1.29. The van der Waals surface area contributed by atoms with Crippen molar-refractivity contribution in [3.8, 4) is 17.2 Å². The monoisotopic (exact) mass is 407 g/mol. The second kappa shape index (κ2) is 7.21. The Kier molecular flexibility index (Phi) is 4.40. The third kappa shape index (κ3) is 3.31. The lowest BCUT2D eigenvalue weighted by molar-refractivity contribution is 0.0852. The summed E-state index contributed by atoms with van der Waals surface area (Å²) in [6.45, 7) is 2.82. The molecule has 0 unspecified atom stereocenters. The minimum absolute atomic E-state index is 0.206. The van der Waals surface area contributed by atoms with E-state index in [0.717, 1.165) is 11.3 Å². The summed E-state index contributed by atoms with van der Waals surface area (Å²) in [5.41, 5.74) is 0.682. The first kappa shape index (κ1) is 17.7. The Morgan fingerprint density at radius 1 is 1.24 bits per heavy atom. The summed E-state index contributed by atoms with van der Waals surface area (Å²) in [5, 5.41) is 4.37. The third-order valence-corrected chi connectivity index (χ3v) is 5.42. The van der Waals surface area contributed by atoms with Gasteiger partial charge >= 0.3 is 0 Å². The first-order valence-corrected chi connectivity index (χ1v) is 10.1. The van der Waals surface area contributed by atoms with Crippen molar-refractivity contribution in [3.63, 3.8) is 0 Å². The molecule has 1 atom stereocenters. The average molecular weight is 407 g/mol. The van der Waals surface area contributed by atoms with Gasteiger partial charge in [0.15, 0.2) is 23.4 Å². The van der Waals surface area contributed by atoms with E-state index in [1.165, 1.54) is 15.9 Å². The number of aromatic nitrogens is 3. The van der Waals surface area contributed by atoms with Gasteiger partial charge in [-0.15, -0.1) is 5.10 Å². The molecule has 3 heterocycles. The molecule has 7 nitrogen and oxygen atoms in total. The van der Waals surface area contributed by atoms with Gasteiger partial charge < -0.3 is 14.2 Å². The maximum Gasteiger partial charge on any atom is 0.291 e. The minimum Gasteiger partial charge on any atom is -0.494 e. The van der Waals surface area contributed by atoms with Crippen LogP contribution in [0.2, 0.25) is 0 Å². The molecule has 0 saturated heterocycles. The maximum atomic E-state index is 12.8. The smallest absolute Gasteiger partial charge is 0.291 e. The SMILES string of the molecule is CCOc1cccc(/C=c2\sc3nc([C@H]4COc5ccccc5O4)nn3c2=O)c1.